The summed E-state index contributed by atoms with van der Waals surface area (Å²) in [5.41, 5.74) is 5.82. The highest BCUT2D eigenvalue weighted by Gasteiger charge is 2.17. The Morgan fingerprint density at radius 2 is 2.26 bits per heavy atom. The summed E-state index contributed by atoms with van der Waals surface area (Å²) in [6, 6.07) is 3.70. The Kier molecular flexibility index (Phi) is 3.87. The van der Waals surface area contributed by atoms with E-state index in [1.54, 1.807) is 7.05 Å². The summed E-state index contributed by atoms with van der Waals surface area (Å²) >= 11 is 6.96. The minimum Gasteiger partial charge on any atom is -0.382 e. The highest BCUT2D eigenvalue weighted by Crippen LogP contribution is 2.27. The molecule has 1 aromatic carbocycles. The summed E-state index contributed by atoms with van der Waals surface area (Å²) in [6.07, 6.45) is 0. The van der Waals surface area contributed by atoms with Crippen molar-refractivity contribution in [1.29, 1.82) is 0 Å². The van der Waals surface area contributed by atoms with Gasteiger partial charge in [0.2, 0.25) is 0 Å². The molecule has 0 radical (unpaired) electrons. The summed E-state index contributed by atoms with van der Waals surface area (Å²) in [5.74, 6) is -0.865. The fourth-order valence-electron chi connectivity index (χ4n) is 1.37. The van der Waals surface area contributed by atoms with Gasteiger partial charge in [-0.2, -0.15) is 0 Å². The van der Waals surface area contributed by atoms with Crippen LogP contribution in [0.5, 0.6) is 0 Å². The van der Waals surface area contributed by atoms with E-state index >= 15 is 0 Å². The number of nitrogen functional groups attached to an aromatic ring is 1. The van der Waals surface area contributed by atoms with E-state index in [1.807, 2.05) is 0 Å². The molecule has 0 aliphatic rings. The quantitative estimate of drug-likeness (QED) is 0.814. The molecule has 0 spiro atoms. The molecule has 0 atom stereocenters. The Hall–Kier alpha value is -1.86. The molecule has 4 N–H and O–H groups in total. The van der Waals surface area contributed by atoms with Gasteiger partial charge in [0.05, 0.1) is 10.7 Å². The van der Waals surface area contributed by atoms with Crippen LogP contribution >= 0.6 is 22.9 Å². The third kappa shape index (κ3) is 2.94. The van der Waals surface area contributed by atoms with E-state index in [-0.39, 0.29) is 21.4 Å². The van der Waals surface area contributed by atoms with Crippen molar-refractivity contribution in [3.05, 3.63) is 33.9 Å². The van der Waals surface area contributed by atoms with E-state index in [9.17, 15) is 9.18 Å². The summed E-state index contributed by atoms with van der Waals surface area (Å²) in [4.78, 5) is 16.2. The number of benzene rings is 1. The first-order chi connectivity index (χ1) is 9.01. The lowest BCUT2D eigenvalue weighted by atomic mass is 10.3. The van der Waals surface area contributed by atoms with Crippen molar-refractivity contribution < 1.29 is 9.18 Å². The average Bonchev–Trinajstić information content (AvgIpc) is 2.75. The molecule has 19 heavy (non-hydrogen) atoms. The molecule has 2 rings (SSSR count). The predicted octanol–water partition coefficient (Wildman–Crippen LogP) is 2.81. The zero-order valence-electron chi connectivity index (χ0n) is 9.83. The number of hydrogen-bond donors (Lipinski definition) is 3. The number of nitrogens with two attached hydrogens (primary N) is 1. The van der Waals surface area contributed by atoms with Gasteiger partial charge in [0.15, 0.2) is 5.13 Å². The minimum absolute atomic E-state index is 0.111. The van der Waals surface area contributed by atoms with Crippen LogP contribution in [-0.2, 0) is 0 Å². The molecule has 1 amide bonds. The summed E-state index contributed by atoms with van der Waals surface area (Å²) in [5, 5.41) is 6.05. The fourth-order valence-corrected chi connectivity index (χ4v) is 2.27. The normalized spacial score (nSPS) is 10.3. The first-order valence-electron chi connectivity index (χ1n) is 5.21. The second-order valence-corrected chi connectivity index (χ2v) is 4.97. The molecular formula is C11H10ClFN4OS. The van der Waals surface area contributed by atoms with Crippen molar-refractivity contribution in [2.75, 3.05) is 23.4 Å². The highest BCUT2D eigenvalue weighted by molar-refractivity contribution is 7.18. The van der Waals surface area contributed by atoms with Gasteiger partial charge in [-0.1, -0.05) is 22.9 Å². The Morgan fingerprint density at radius 3 is 2.89 bits per heavy atom. The molecule has 1 heterocycles. The van der Waals surface area contributed by atoms with Crippen LogP contribution in [0.1, 0.15) is 9.67 Å². The van der Waals surface area contributed by atoms with E-state index in [0.29, 0.717) is 5.13 Å². The van der Waals surface area contributed by atoms with Crippen LogP contribution in [0.25, 0.3) is 0 Å². The van der Waals surface area contributed by atoms with Crippen LogP contribution < -0.4 is 16.4 Å². The zero-order valence-corrected chi connectivity index (χ0v) is 11.4. The molecule has 0 aliphatic carbocycles. The third-order valence-electron chi connectivity index (χ3n) is 2.25. The molecule has 1 aromatic heterocycles. The lowest BCUT2D eigenvalue weighted by Gasteiger charge is -2.06. The maximum absolute atomic E-state index is 13.1. The van der Waals surface area contributed by atoms with Gasteiger partial charge in [0.1, 0.15) is 16.5 Å². The van der Waals surface area contributed by atoms with Gasteiger partial charge >= 0.3 is 0 Å². The van der Waals surface area contributed by atoms with E-state index < -0.39 is 11.7 Å². The Balaban J connectivity index is 2.25. The second-order valence-electron chi connectivity index (χ2n) is 3.56. The van der Waals surface area contributed by atoms with Crippen molar-refractivity contribution in [3.8, 4) is 0 Å². The van der Waals surface area contributed by atoms with E-state index in [1.165, 1.54) is 12.1 Å². The van der Waals surface area contributed by atoms with Crippen LogP contribution in [0.3, 0.4) is 0 Å². The number of anilines is 3. The van der Waals surface area contributed by atoms with Gasteiger partial charge in [-0.25, -0.2) is 9.37 Å². The summed E-state index contributed by atoms with van der Waals surface area (Å²) < 4.78 is 13.1. The maximum Gasteiger partial charge on any atom is 0.269 e. The number of thiazole rings is 1. The molecule has 5 nitrogen and oxygen atoms in total. The molecule has 8 heteroatoms. The van der Waals surface area contributed by atoms with Crippen molar-refractivity contribution >= 4 is 45.5 Å². The van der Waals surface area contributed by atoms with Crippen molar-refractivity contribution in [3.63, 3.8) is 0 Å². The molecule has 0 saturated carbocycles. The molecule has 0 saturated heterocycles. The monoisotopic (exact) mass is 300 g/mol. The lowest BCUT2D eigenvalue weighted by Crippen LogP contribution is -2.12. The lowest BCUT2D eigenvalue weighted by molar-refractivity contribution is 0.103. The molecule has 0 aliphatic heterocycles. The van der Waals surface area contributed by atoms with E-state index in [2.05, 4.69) is 15.6 Å². The van der Waals surface area contributed by atoms with E-state index in [0.717, 1.165) is 17.4 Å². The Labute approximate surface area is 117 Å². The van der Waals surface area contributed by atoms with Crippen molar-refractivity contribution in [2.45, 2.75) is 0 Å². The van der Waals surface area contributed by atoms with Gasteiger partial charge in [-0.3, -0.25) is 4.79 Å². The van der Waals surface area contributed by atoms with Crippen LogP contribution in [0, 0.1) is 5.82 Å². The number of halogens is 2. The minimum atomic E-state index is -0.493. The number of carbonyl (C=O) groups is 1. The number of nitrogens with zero attached hydrogens (tertiary/aromatic N) is 1. The fraction of sp³-hybridized carbons (Fsp3) is 0.0909. The maximum atomic E-state index is 13.1. The van der Waals surface area contributed by atoms with Gasteiger partial charge in [-0.05, 0) is 18.2 Å². The van der Waals surface area contributed by atoms with Gasteiger partial charge in [0.25, 0.3) is 5.91 Å². The first kappa shape index (κ1) is 13.6. The van der Waals surface area contributed by atoms with Gasteiger partial charge < -0.3 is 16.4 Å². The molecule has 2 aromatic rings. The number of nitrogens with one attached hydrogen (secondary N) is 2. The van der Waals surface area contributed by atoms with E-state index in [4.69, 9.17) is 17.3 Å². The predicted molar refractivity (Wildman–Crippen MR) is 75.4 cm³/mol. The zero-order chi connectivity index (χ0) is 14.0. The number of amides is 1. The van der Waals surface area contributed by atoms with Crippen molar-refractivity contribution in [1.82, 2.24) is 4.98 Å². The van der Waals surface area contributed by atoms with Crippen LogP contribution in [0.15, 0.2) is 18.2 Å². The van der Waals surface area contributed by atoms with Crippen molar-refractivity contribution in [2.24, 2.45) is 0 Å². The van der Waals surface area contributed by atoms with Crippen LogP contribution in [-0.4, -0.2) is 17.9 Å². The SMILES string of the molecule is CNc1nc(N)c(C(=O)Nc2cc(F)ccc2Cl)s1. The average molecular weight is 301 g/mol. The Bertz CT molecular complexity index is 631. The molecule has 100 valence electrons. The standard InChI is InChI=1S/C11H10ClFN4OS/c1-15-11-17-9(14)8(19-11)10(18)16-7-4-5(13)2-3-6(7)12/h2-4H,14H2,1H3,(H,15,17)(H,16,18). The molecule has 0 unspecified atom stereocenters. The largest absolute Gasteiger partial charge is 0.382 e. The Morgan fingerprint density at radius 1 is 1.53 bits per heavy atom. The summed E-state index contributed by atoms with van der Waals surface area (Å²) in [7, 11) is 1.67. The van der Waals surface area contributed by atoms with Crippen LogP contribution in [0.2, 0.25) is 5.02 Å². The van der Waals surface area contributed by atoms with Crippen LogP contribution in [0.4, 0.5) is 21.0 Å². The van der Waals surface area contributed by atoms with Gasteiger partial charge in [-0.15, -0.1) is 0 Å². The second kappa shape index (κ2) is 5.41. The topological polar surface area (TPSA) is 80.0 Å². The molecule has 0 bridgehead atoms. The number of hydrogen-bond acceptors (Lipinski definition) is 5. The third-order valence-corrected chi connectivity index (χ3v) is 3.67. The molecular weight excluding hydrogens is 291 g/mol. The molecule has 0 fully saturated rings. The summed E-state index contributed by atoms with van der Waals surface area (Å²) in [6.45, 7) is 0. The number of carbonyl (C=O) groups excluding carboxylic acids is 1. The number of rotatable bonds is 3. The smallest absolute Gasteiger partial charge is 0.269 e. The highest BCUT2D eigenvalue weighted by atomic mass is 35.5. The number of aromatic nitrogens is 1. The first-order valence-corrected chi connectivity index (χ1v) is 6.41. The van der Waals surface area contributed by atoms with Gasteiger partial charge in [0, 0.05) is 7.05 Å².